The van der Waals surface area contributed by atoms with Gasteiger partial charge in [0.1, 0.15) is 11.6 Å². The summed E-state index contributed by atoms with van der Waals surface area (Å²) in [5.74, 6) is -1.28. The second-order valence-corrected chi connectivity index (χ2v) is 9.90. The van der Waals surface area contributed by atoms with Crippen LogP contribution in [0.1, 0.15) is 31.2 Å². The molecule has 0 aliphatic rings. The number of halogens is 3. The summed E-state index contributed by atoms with van der Waals surface area (Å²) in [5.41, 5.74) is -0.235. The number of amides is 1. The van der Waals surface area contributed by atoms with E-state index in [-0.39, 0.29) is 22.0 Å². The third-order valence-electron chi connectivity index (χ3n) is 5.69. The van der Waals surface area contributed by atoms with Gasteiger partial charge in [-0.2, -0.15) is 9.78 Å². The molecule has 1 N–H and O–H groups in total. The molecule has 10 nitrogen and oxygen atoms in total. The number of unbranched alkanes of at least 4 members (excludes halogenated alkanes) is 1. The van der Waals surface area contributed by atoms with Crippen molar-refractivity contribution in [2.24, 2.45) is 5.10 Å². The van der Waals surface area contributed by atoms with Crippen LogP contribution in [0.5, 0.6) is 5.75 Å². The fraction of sp³-hybridized carbons (Fsp3) is 0.185. The van der Waals surface area contributed by atoms with Gasteiger partial charge >= 0.3 is 5.69 Å². The summed E-state index contributed by atoms with van der Waals surface area (Å²) in [4.78, 5) is 41.1. The summed E-state index contributed by atoms with van der Waals surface area (Å²) in [6.45, 7) is 1.36. The lowest BCUT2D eigenvalue weighted by atomic mass is 10.2. The molecular formula is C27H22BrClFN5O5. The highest BCUT2D eigenvalue weighted by molar-refractivity contribution is 9.10. The lowest BCUT2D eigenvalue weighted by Crippen LogP contribution is -2.22. The van der Waals surface area contributed by atoms with Crippen LogP contribution >= 0.6 is 27.5 Å². The summed E-state index contributed by atoms with van der Waals surface area (Å²) in [5, 5.41) is 18.6. The van der Waals surface area contributed by atoms with E-state index in [0.717, 1.165) is 18.9 Å². The second-order valence-electron chi connectivity index (χ2n) is 8.58. The van der Waals surface area contributed by atoms with Gasteiger partial charge in [-0.3, -0.25) is 19.7 Å². The summed E-state index contributed by atoms with van der Waals surface area (Å²) in [6.07, 6.45) is 3.41. The van der Waals surface area contributed by atoms with Crippen LogP contribution in [-0.4, -0.2) is 33.3 Å². The number of aromatic nitrogens is 2. The molecule has 0 fully saturated rings. The smallest absolute Gasteiger partial charge is 0.313 e. The lowest BCUT2D eigenvalue weighted by Gasteiger charge is -2.11. The fourth-order valence-electron chi connectivity index (χ4n) is 3.77. The van der Waals surface area contributed by atoms with Gasteiger partial charge < -0.3 is 10.1 Å². The molecule has 4 rings (SSSR count). The first-order valence-electron chi connectivity index (χ1n) is 12.1. The minimum atomic E-state index is -0.740. The van der Waals surface area contributed by atoms with E-state index in [4.69, 9.17) is 16.3 Å². The molecular weight excluding hydrogens is 609 g/mol. The van der Waals surface area contributed by atoms with Crippen molar-refractivity contribution in [3.63, 3.8) is 0 Å². The molecule has 0 radical (unpaired) electrons. The Morgan fingerprint density at radius 1 is 1.27 bits per heavy atom. The molecule has 0 atom stereocenters. The molecule has 206 valence electrons. The van der Waals surface area contributed by atoms with Gasteiger partial charge in [-0.25, -0.2) is 9.37 Å². The van der Waals surface area contributed by atoms with Gasteiger partial charge in [0.05, 0.1) is 32.8 Å². The Kier molecular flexibility index (Phi) is 9.22. The van der Waals surface area contributed by atoms with Crippen LogP contribution in [0.15, 0.2) is 69.0 Å². The molecule has 0 saturated carbocycles. The number of fused-ring (bicyclic) bond motifs is 1. The van der Waals surface area contributed by atoms with E-state index in [1.807, 2.05) is 6.92 Å². The topological polar surface area (TPSA) is 129 Å². The van der Waals surface area contributed by atoms with Gasteiger partial charge in [0, 0.05) is 22.5 Å². The highest BCUT2D eigenvalue weighted by atomic mass is 79.9. The van der Waals surface area contributed by atoms with Crippen molar-refractivity contribution < 1.29 is 18.8 Å². The third kappa shape index (κ3) is 6.69. The molecule has 40 heavy (non-hydrogen) atoms. The van der Waals surface area contributed by atoms with Crippen molar-refractivity contribution in [1.29, 1.82) is 0 Å². The van der Waals surface area contributed by atoms with E-state index in [0.29, 0.717) is 27.6 Å². The predicted octanol–water partition coefficient (Wildman–Crippen LogP) is 6.10. The van der Waals surface area contributed by atoms with Crippen molar-refractivity contribution in [1.82, 2.24) is 9.66 Å². The average molecular weight is 631 g/mol. The zero-order valence-corrected chi connectivity index (χ0v) is 23.4. The van der Waals surface area contributed by atoms with E-state index >= 15 is 0 Å². The monoisotopic (exact) mass is 629 g/mol. The van der Waals surface area contributed by atoms with Crippen LogP contribution in [0.3, 0.4) is 0 Å². The van der Waals surface area contributed by atoms with Crippen molar-refractivity contribution in [2.45, 2.75) is 26.2 Å². The van der Waals surface area contributed by atoms with E-state index in [1.54, 1.807) is 18.2 Å². The largest absolute Gasteiger partial charge is 0.476 e. The molecule has 4 aromatic rings. The van der Waals surface area contributed by atoms with Crippen LogP contribution in [0.2, 0.25) is 5.02 Å². The van der Waals surface area contributed by atoms with E-state index in [2.05, 4.69) is 31.3 Å². The number of hydrogen-bond donors (Lipinski definition) is 1. The van der Waals surface area contributed by atoms with Gasteiger partial charge in [-0.05, 0) is 42.8 Å². The molecule has 0 aliphatic carbocycles. The Bertz CT molecular complexity index is 1690. The minimum Gasteiger partial charge on any atom is -0.476 e. The molecule has 0 spiro atoms. The Labute approximate surface area is 240 Å². The fourth-order valence-corrected chi connectivity index (χ4v) is 4.41. The van der Waals surface area contributed by atoms with Gasteiger partial charge in [0.2, 0.25) is 5.75 Å². The summed E-state index contributed by atoms with van der Waals surface area (Å²) < 4.78 is 21.0. The number of anilines is 1. The van der Waals surface area contributed by atoms with Crippen LogP contribution in [0, 0.1) is 15.9 Å². The number of carbonyl (C=O) groups is 1. The van der Waals surface area contributed by atoms with Gasteiger partial charge in [0.15, 0.2) is 6.61 Å². The first-order valence-corrected chi connectivity index (χ1v) is 13.3. The first kappa shape index (κ1) is 28.8. The summed E-state index contributed by atoms with van der Waals surface area (Å²) in [7, 11) is 0. The zero-order chi connectivity index (χ0) is 28.8. The third-order valence-corrected chi connectivity index (χ3v) is 6.46. The van der Waals surface area contributed by atoms with Gasteiger partial charge in [0.25, 0.3) is 11.5 Å². The first-order chi connectivity index (χ1) is 19.2. The number of hydrogen-bond acceptors (Lipinski definition) is 7. The number of rotatable bonds is 10. The predicted molar refractivity (Wildman–Crippen MR) is 154 cm³/mol. The maximum Gasteiger partial charge on any atom is 0.313 e. The maximum atomic E-state index is 13.8. The molecule has 3 aromatic carbocycles. The number of nitro groups is 1. The van der Waals surface area contributed by atoms with E-state index in [1.165, 1.54) is 41.2 Å². The number of nitrogens with one attached hydrogen (secondary N) is 1. The number of ether oxygens (including phenoxy) is 1. The number of nitro benzene ring substituents is 1. The number of aryl methyl sites for hydroxylation is 1. The quantitative estimate of drug-likeness (QED) is 0.128. The molecule has 0 unspecified atom stereocenters. The zero-order valence-electron chi connectivity index (χ0n) is 21.1. The van der Waals surface area contributed by atoms with Crippen molar-refractivity contribution >= 4 is 61.9 Å². The molecule has 1 aromatic heterocycles. The molecule has 0 aliphatic heterocycles. The van der Waals surface area contributed by atoms with Crippen molar-refractivity contribution in [3.8, 4) is 5.75 Å². The maximum absolute atomic E-state index is 13.8. The Morgan fingerprint density at radius 2 is 2.05 bits per heavy atom. The minimum absolute atomic E-state index is 0.0626. The van der Waals surface area contributed by atoms with Crippen LogP contribution in [0.4, 0.5) is 15.8 Å². The highest BCUT2D eigenvalue weighted by Gasteiger charge is 2.22. The number of benzene rings is 3. The lowest BCUT2D eigenvalue weighted by molar-refractivity contribution is -0.385. The normalized spacial score (nSPS) is 11.2. The van der Waals surface area contributed by atoms with E-state index < -0.39 is 34.5 Å². The van der Waals surface area contributed by atoms with Crippen molar-refractivity contribution in [2.75, 3.05) is 11.9 Å². The molecule has 13 heteroatoms. The molecule has 1 heterocycles. The summed E-state index contributed by atoms with van der Waals surface area (Å²) in [6, 6.07) is 13.2. The molecule has 1 amide bonds. The Balaban J connectivity index is 1.63. The highest BCUT2D eigenvalue weighted by Crippen LogP contribution is 2.36. The average Bonchev–Trinajstić information content (AvgIpc) is 2.92. The second kappa shape index (κ2) is 12.8. The Hall–Kier alpha value is -4.16. The van der Waals surface area contributed by atoms with E-state index in [9.17, 15) is 24.1 Å². The number of carbonyl (C=O) groups excluding carboxylic acids is 1. The summed E-state index contributed by atoms with van der Waals surface area (Å²) >= 11 is 9.65. The number of para-hydroxylation sites is 1. The van der Waals surface area contributed by atoms with Crippen molar-refractivity contribution in [3.05, 3.63) is 102 Å². The SMILES string of the molecule is CCCCc1nc2ccc(Br)cc2c(=O)n1N=Cc1cc(Cl)c(OCC(=O)Nc2ccccc2F)c([N+](=O)[O-])c1. The van der Waals surface area contributed by atoms with Crippen LogP contribution < -0.4 is 15.6 Å². The Morgan fingerprint density at radius 3 is 2.77 bits per heavy atom. The molecule has 0 bridgehead atoms. The number of nitrogens with zero attached hydrogens (tertiary/aromatic N) is 4. The van der Waals surface area contributed by atoms with Gasteiger partial charge in [-0.15, -0.1) is 0 Å². The standard InChI is InChI=1S/C27H22BrClFN5O5/c1-2-3-8-24-32-21-10-9-17(28)13-18(21)27(37)34(24)31-14-16-11-19(29)26(23(12-16)35(38)39)40-15-25(36)33-22-7-5-4-6-20(22)30/h4-7,9-14H,2-3,8,15H2,1H3,(H,33,36). The van der Waals surface area contributed by atoms with Crippen LogP contribution in [-0.2, 0) is 11.2 Å². The van der Waals surface area contributed by atoms with Crippen LogP contribution in [0.25, 0.3) is 10.9 Å². The van der Waals surface area contributed by atoms with Gasteiger partial charge in [-0.1, -0.05) is 53.0 Å². The molecule has 0 saturated heterocycles.